The Kier molecular flexibility index (Phi) is 6.12. The van der Waals surface area contributed by atoms with Crippen LogP contribution in [0.15, 0.2) is 54.6 Å². The van der Waals surface area contributed by atoms with Gasteiger partial charge in [-0.2, -0.15) is 0 Å². The fourth-order valence-electron chi connectivity index (χ4n) is 2.67. The summed E-state index contributed by atoms with van der Waals surface area (Å²) >= 11 is 5.84. The van der Waals surface area contributed by atoms with Gasteiger partial charge < -0.3 is 14.8 Å². The highest BCUT2D eigenvalue weighted by Gasteiger charge is 2.33. The van der Waals surface area contributed by atoms with Crippen molar-refractivity contribution in [3.63, 3.8) is 0 Å². The van der Waals surface area contributed by atoms with Gasteiger partial charge in [-0.15, -0.1) is 0 Å². The molecule has 1 fully saturated rings. The molecule has 0 heterocycles. The standard InChI is InChI=1S/C20H20ClNO4/c21-16-7-4-8-17(11-16)25-13-19(24)26-12-18(23)22-20(15-9-10-15)14-5-2-1-3-6-14/h1-8,11,15,20H,9-10,12-13H2,(H,22,23). The van der Waals surface area contributed by atoms with Crippen molar-refractivity contribution in [3.8, 4) is 5.75 Å². The summed E-state index contributed by atoms with van der Waals surface area (Å²) in [6.07, 6.45) is 2.18. The molecule has 1 aliphatic carbocycles. The Morgan fingerprint density at radius 3 is 2.54 bits per heavy atom. The molecule has 0 radical (unpaired) electrons. The molecule has 1 aliphatic rings. The molecular weight excluding hydrogens is 354 g/mol. The number of amides is 1. The van der Waals surface area contributed by atoms with Crippen molar-refractivity contribution in [1.29, 1.82) is 0 Å². The first-order valence-electron chi connectivity index (χ1n) is 8.50. The highest BCUT2D eigenvalue weighted by Crippen LogP contribution is 2.40. The van der Waals surface area contributed by atoms with Crippen LogP contribution in [0.4, 0.5) is 0 Å². The van der Waals surface area contributed by atoms with Gasteiger partial charge in [0.15, 0.2) is 13.2 Å². The highest BCUT2D eigenvalue weighted by atomic mass is 35.5. The first-order valence-corrected chi connectivity index (χ1v) is 8.88. The van der Waals surface area contributed by atoms with Gasteiger partial charge in [0.2, 0.25) is 0 Å². The van der Waals surface area contributed by atoms with E-state index in [9.17, 15) is 9.59 Å². The Morgan fingerprint density at radius 2 is 1.85 bits per heavy atom. The molecule has 136 valence electrons. The first-order chi connectivity index (χ1) is 12.6. The zero-order chi connectivity index (χ0) is 18.4. The molecule has 0 aliphatic heterocycles. The summed E-state index contributed by atoms with van der Waals surface area (Å²) in [6.45, 7) is -0.605. The lowest BCUT2D eigenvalue weighted by molar-refractivity contribution is -0.150. The quantitative estimate of drug-likeness (QED) is 0.719. The maximum atomic E-state index is 12.1. The van der Waals surface area contributed by atoms with Crippen LogP contribution in [-0.2, 0) is 14.3 Å². The molecule has 26 heavy (non-hydrogen) atoms. The second kappa shape index (κ2) is 8.72. The third kappa shape index (κ3) is 5.49. The van der Waals surface area contributed by atoms with Gasteiger partial charge in [-0.3, -0.25) is 4.79 Å². The van der Waals surface area contributed by atoms with Crippen molar-refractivity contribution in [3.05, 3.63) is 65.2 Å². The van der Waals surface area contributed by atoms with Crippen LogP contribution in [0.5, 0.6) is 5.75 Å². The third-order valence-corrected chi connectivity index (χ3v) is 4.32. The van der Waals surface area contributed by atoms with Crippen LogP contribution in [0.1, 0.15) is 24.4 Å². The molecule has 0 aromatic heterocycles. The Morgan fingerprint density at radius 1 is 1.08 bits per heavy atom. The Bertz CT molecular complexity index is 761. The number of esters is 1. The number of hydrogen-bond acceptors (Lipinski definition) is 4. The van der Waals surface area contributed by atoms with E-state index >= 15 is 0 Å². The molecule has 1 amide bonds. The van der Waals surface area contributed by atoms with Gasteiger partial charge in [0.05, 0.1) is 6.04 Å². The molecule has 1 unspecified atom stereocenters. The van der Waals surface area contributed by atoms with Gasteiger partial charge in [0, 0.05) is 5.02 Å². The molecule has 3 rings (SSSR count). The maximum Gasteiger partial charge on any atom is 0.344 e. The lowest BCUT2D eigenvalue weighted by Crippen LogP contribution is -2.34. The second-order valence-corrected chi connectivity index (χ2v) is 6.64. The predicted molar refractivity (Wildman–Crippen MR) is 98.0 cm³/mol. The zero-order valence-corrected chi connectivity index (χ0v) is 14.9. The van der Waals surface area contributed by atoms with Gasteiger partial charge in [0.1, 0.15) is 5.75 Å². The average Bonchev–Trinajstić information content (AvgIpc) is 3.48. The molecule has 5 nitrogen and oxygen atoms in total. The van der Waals surface area contributed by atoms with E-state index in [1.54, 1.807) is 24.3 Å². The van der Waals surface area contributed by atoms with Crippen LogP contribution in [0.3, 0.4) is 0 Å². The molecule has 0 spiro atoms. The zero-order valence-electron chi connectivity index (χ0n) is 14.2. The smallest absolute Gasteiger partial charge is 0.344 e. The molecule has 2 aromatic carbocycles. The molecule has 2 aromatic rings. The number of hydrogen-bond donors (Lipinski definition) is 1. The Hall–Kier alpha value is -2.53. The number of benzene rings is 2. The minimum absolute atomic E-state index is 0.0369. The van der Waals surface area contributed by atoms with Gasteiger partial charge in [0.25, 0.3) is 5.91 Å². The van der Waals surface area contributed by atoms with E-state index in [2.05, 4.69) is 5.32 Å². The van der Waals surface area contributed by atoms with Crippen LogP contribution in [0.2, 0.25) is 5.02 Å². The van der Waals surface area contributed by atoms with Gasteiger partial charge >= 0.3 is 5.97 Å². The van der Waals surface area contributed by atoms with E-state index < -0.39 is 5.97 Å². The average molecular weight is 374 g/mol. The van der Waals surface area contributed by atoms with E-state index in [-0.39, 0.29) is 25.2 Å². The lowest BCUT2D eigenvalue weighted by Gasteiger charge is -2.18. The van der Waals surface area contributed by atoms with E-state index in [1.807, 2.05) is 30.3 Å². The molecule has 0 saturated heterocycles. The van der Waals surface area contributed by atoms with E-state index in [1.165, 1.54) is 0 Å². The SMILES string of the molecule is O=C(COC(=O)COc1cccc(Cl)c1)NC(c1ccccc1)C1CC1. The number of carbonyl (C=O) groups is 2. The summed E-state index contributed by atoms with van der Waals surface area (Å²) in [7, 11) is 0. The predicted octanol–water partition coefficient (Wildman–Crippen LogP) is 3.53. The number of halogens is 1. The third-order valence-electron chi connectivity index (χ3n) is 4.09. The molecule has 1 saturated carbocycles. The molecule has 6 heteroatoms. The van der Waals surface area contributed by atoms with Crippen molar-refractivity contribution in [1.82, 2.24) is 5.32 Å². The summed E-state index contributed by atoms with van der Waals surface area (Å²) in [5.41, 5.74) is 1.07. The fourth-order valence-corrected chi connectivity index (χ4v) is 2.85. The fraction of sp³-hybridized carbons (Fsp3) is 0.300. The summed E-state index contributed by atoms with van der Waals surface area (Å²) in [5, 5.41) is 3.47. The largest absolute Gasteiger partial charge is 0.482 e. The van der Waals surface area contributed by atoms with E-state index in [4.69, 9.17) is 21.1 Å². The first kappa shape index (κ1) is 18.3. The minimum atomic E-state index is -0.609. The summed E-state index contributed by atoms with van der Waals surface area (Å²) in [5.74, 6) is -0.00958. The molecule has 0 bridgehead atoms. The van der Waals surface area contributed by atoms with E-state index in [0.29, 0.717) is 16.7 Å². The van der Waals surface area contributed by atoms with Crippen LogP contribution < -0.4 is 10.1 Å². The number of carbonyl (C=O) groups excluding carboxylic acids is 2. The molecular formula is C20H20ClNO4. The molecule has 1 N–H and O–H groups in total. The van der Waals surface area contributed by atoms with Crippen molar-refractivity contribution in [2.45, 2.75) is 18.9 Å². The number of ether oxygens (including phenoxy) is 2. The monoisotopic (exact) mass is 373 g/mol. The van der Waals surface area contributed by atoms with Crippen molar-refractivity contribution >= 4 is 23.5 Å². The molecule has 1 atom stereocenters. The van der Waals surface area contributed by atoms with Gasteiger partial charge in [-0.1, -0.05) is 48.0 Å². The van der Waals surface area contributed by atoms with Gasteiger partial charge in [-0.25, -0.2) is 4.79 Å². The second-order valence-electron chi connectivity index (χ2n) is 6.20. The van der Waals surface area contributed by atoms with Crippen LogP contribution in [0.25, 0.3) is 0 Å². The Balaban J connectivity index is 1.43. The van der Waals surface area contributed by atoms with Crippen LogP contribution in [-0.4, -0.2) is 25.1 Å². The van der Waals surface area contributed by atoms with Crippen molar-refractivity contribution < 1.29 is 19.1 Å². The summed E-state index contributed by atoms with van der Waals surface area (Å²) < 4.78 is 10.3. The lowest BCUT2D eigenvalue weighted by atomic mass is 10.0. The van der Waals surface area contributed by atoms with E-state index in [0.717, 1.165) is 18.4 Å². The van der Waals surface area contributed by atoms with Crippen molar-refractivity contribution in [2.75, 3.05) is 13.2 Å². The normalized spacial score (nSPS) is 14.3. The highest BCUT2D eigenvalue weighted by molar-refractivity contribution is 6.30. The topological polar surface area (TPSA) is 64.6 Å². The minimum Gasteiger partial charge on any atom is -0.482 e. The van der Waals surface area contributed by atoms with Crippen molar-refractivity contribution in [2.24, 2.45) is 5.92 Å². The number of rotatable bonds is 8. The maximum absolute atomic E-state index is 12.1. The summed E-state index contributed by atoms with van der Waals surface area (Å²) in [4.78, 5) is 23.9. The van der Waals surface area contributed by atoms with Crippen LogP contribution >= 0.6 is 11.6 Å². The van der Waals surface area contributed by atoms with Crippen LogP contribution in [0, 0.1) is 5.92 Å². The van der Waals surface area contributed by atoms with Gasteiger partial charge in [-0.05, 0) is 42.5 Å². The number of nitrogens with one attached hydrogen (secondary N) is 1. The summed E-state index contributed by atoms with van der Waals surface area (Å²) in [6, 6.07) is 16.5. The Labute approximate surface area is 157 Å².